The average molecular weight is 408 g/mol. The van der Waals surface area contributed by atoms with Gasteiger partial charge >= 0.3 is 0 Å². The fourth-order valence-corrected chi connectivity index (χ4v) is 2.96. The molecule has 0 saturated carbocycles. The number of benzene rings is 2. The molecule has 0 aliphatic carbocycles. The van der Waals surface area contributed by atoms with E-state index in [1.165, 1.54) is 14.2 Å². The minimum atomic E-state index is -0.372. The highest BCUT2D eigenvalue weighted by Crippen LogP contribution is 2.27. The van der Waals surface area contributed by atoms with Crippen LogP contribution in [0.5, 0.6) is 11.5 Å². The van der Waals surface area contributed by atoms with Crippen LogP contribution in [0, 0.1) is 0 Å². The largest absolute Gasteiger partial charge is 0.493 e. The molecule has 0 spiro atoms. The molecule has 1 heterocycles. The number of hydrogen-bond acceptors (Lipinski definition) is 5. The number of ether oxygens (including phenoxy) is 2. The van der Waals surface area contributed by atoms with E-state index < -0.39 is 0 Å². The first kappa shape index (κ1) is 20.9. The van der Waals surface area contributed by atoms with Gasteiger partial charge in [0.1, 0.15) is 0 Å². The van der Waals surface area contributed by atoms with Gasteiger partial charge in [-0.15, -0.1) is 0 Å². The van der Waals surface area contributed by atoms with Crippen LogP contribution in [0.15, 0.2) is 61.2 Å². The van der Waals surface area contributed by atoms with Crippen LogP contribution in [-0.2, 0) is 4.79 Å². The first-order chi connectivity index (χ1) is 14.5. The summed E-state index contributed by atoms with van der Waals surface area (Å²) in [7, 11) is 3.02. The summed E-state index contributed by atoms with van der Waals surface area (Å²) in [5.41, 5.74) is 2.32. The second-order valence-electron chi connectivity index (χ2n) is 6.60. The third-order valence-corrected chi connectivity index (χ3v) is 4.63. The van der Waals surface area contributed by atoms with Crippen LogP contribution in [0.4, 0.5) is 0 Å². The van der Waals surface area contributed by atoms with E-state index in [0.29, 0.717) is 17.1 Å². The molecule has 0 fully saturated rings. The molecule has 0 bridgehead atoms. The summed E-state index contributed by atoms with van der Waals surface area (Å²) in [5, 5.41) is 5.49. The van der Waals surface area contributed by atoms with E-state index in [0.717, 1.165) is 11.3 Å². The Balaban J connectivity index is 1.53. The Labute approximate surface area is 174 Å². The summed E-state index contributed by atoms with van der Waals surface area (Å²) >= 11 is 0. The third-order valence-electron chi connectivity index (χ3n) is 4.63. The molecular formula is C22H24N4O4. The first-order valence-corrected chi connectivity index (χ1v) is 9.39. The smallest absolute Gasteiger partial charge is 0.251 e. The van der Waals surface area contributed by atoms with Crippen LogP contribution in [0.2, 0.25) is 0 Å². The number of carbonyl (C=O) groups excluding carboxylic acids is 2. The molecule has 2 amide bonds. The number of rotatable bonds is 8. The molecule has 3 rings (SSSR count). The van der Waals surface area contributed by atoms with E-state index in [1.54, 1.807) is 30.7 Å². The average Bonchev–Trinajstić information content (AvgIpc) is 3.32. The predicted octanol–water partition coefficient (Wildman–Crippen LogP) is 2.50. The second-order valence-corrected chi connectivity index (χ2v) is 6.60. The zero-order valence-electron chi connectivity index (χ0n) is 17.1. The molecule has 0 saturated heterocycles. The van der Waals surface area contributed by atoms with Crippen molar-refractivity contribution in [3.63, 3.8) is 0 Å². The van der Waals surface area contributed by atoms with Crippen LogP contribution in [-0.4, -0.2) is 42.1 Å². The van der Waals surface area contributed by atoms with Gasteiger partial charge in [-0.05, 0) is 42.8 Å². The number of methoxy groups -OCH3 is 2. The summed E-state index contributed by atoms with van der Waals surface area (Å²) in [5.74, 6) is 0.320. The molecule has 0 radical (unpaired) electrons. The molecular weight excluding hydrogens is 384 g/mol. The van der Waals surface area contributed by atoms with Crippen LogP contribution in [0.1, 0.15) is 28.9 Å². The Bertz CT molecular complexity index is 1000. The highest BCUT2D eigenvalue weighted by atomic mass is 16.5. The van der Waals surface area contributed by atoms with Crippen molar-refractivity contribution in [3.8, 4) is 17.2 Å². The summed E-state index contributed by atoms with van der Waals surface area (Å²) in [6, 6.07) is 12.4. The van der Waals surface area contributed by atoms with Gasteiger partial charge < -0.3 is 24.7 Å². The van der Waals surface area contributed by atoms with Crippen molar-refractivity contribution in [2.24, 2.45) is 0 Å². The summed E-state index contributed by atoms with van der Waals surface area (Å²) in [6.07, 6.45) is 5.30. The van der Waals surface area contributed by atoms with E-state index in [-0.39, 0.29) is 24.4 Å². The van der Waals surface area contributed by atoms with Crippen molar-refractivity contribution in [2.75, 3.05) is 20.8 Å². The first-order valence-electron chi connectivity index (χ1n) is 9.39. The standard InChI is InChI=1S/C22H24N4O4/c1-15(16-4-7-18(8-5-16)26-11-10-23-14-26)25-21(27)13-24-22(28)17-6-9-19(29-2)20(12-17)30-3/h4-12,14-15H,13H2,1-3H3,(H,24,28)(H,25,27)/t15-/m1/s1. The van der Waals surface area contributed by atoms with Gasteiger partial charge in [0.15, 0.2) is 11.5 Å². The normalized spacial score (nSPS) is 11.4. The molecule has 8 heteroatoms. The van der Waals surface area contributed by atoms with Gasteiger partial charge in [0.25, 0.3) is 5.91 Å². The van der Waals surface area contributed by atoms with Gasteiger partial charge in [-0.25, -0.2) is 4.98 Å². The number of carbonyl (C=O) groups is 2. The van der Waals surface area contributed by atoms with E-state index in [1.807, 2.05) is 42.0 Å². The fourth-order valence-electron chi connectivity index (χ4n) is 2.96. The molecule has 1 aromatic heterocycles. The fraction of sp³-hybridized carbons (Fsp3) is 0.227. The lowest BCUT2D eigenvalue weighted by Crippen LogP contribution is -2.38. The van der Waals surface area contributed by atoms with E-state index >= 15 is 0 Å². The van der Waals surface area contributed by atoms with Crippen molar-refractivity contribution >= 4 is 11.8 Å². The SMILES string of the molecule is COc1ccc(C(=O)NCC(=O)N[C@H](C)c2ccc(-n3ccnc3)cc2)cc1OC. The van der Waals surface area contributed by atoms with Gasteiger partial charge in [-0.1, -0.05) is 12.1 Å². The maximum Gasteiger partial charge on any atom is 0.251 e. The number of imidazole rings is 1. The summed E-state index contributed by atoms with van der Waals surface area (Å²) in [6.45, 7) is 1.75. The van der Waals surface area contributed by atoms with Gasteiger partial charge in [-0.3, -0.25) is 9.59 Å². The summed E-state index contributed by atoms with van der Waals surface area (Å²) < 4.78 is 12.3. The van der Waals surface area contributed by atoms with Crippen molar-refractivity contribution < 1.29 is 19.1 Å². The molecule has 0 aliphatic heterocycles. The lowest BCUT2D eigenvalue weighted by atomic mass is 10.1. The summed E-state index contributed by atoms with van der Waals surface area (Å²) in [4.78, 5) is 28.6. The highest BCUT2D eigenvalue weighted by Gasteiger charge is 2.14. The molecule has 156 valence electrons. The topological polar surface area (TPSA) is 94.5 Å². The van der Waals surface area contributed by atoms with Crippen molar-refractivity contribution in [1.82, 2.24) is 20.2 Å². The van der Waals surface area contributed by atoms with Crippen molar-refractivity contribution in [2.45, 2.75) is 13.0 Å². The van der Waals surface area contributed by atoms with Gasteiger partial charge in [0.2, 0.25) is 5.91 Å². The number of nitrogens with zero attached hydrogens (tertiary/aromatic N) is 2. The van der Waals surface area contributed by atoms with E-state index in [4.69, 9.17) is 9.47 Å². The third kappa shape index (κ3) is 4.96. The lowest BCUT2D eigenvalue weighted by molar-refractivity contribution is -0.120. The van der Waals surface area contributed by atoms with Crippen LogP contribution >= 0.6 is 0 Å². The molecule has 3 aromatic rings. The Morgan fingerprint density at radius 3 is 2.43 bits per heavy atom. The Hall–Kier alpha value is -3.81. The lowest BCUT2D eigenvalue weighted by Gasteiger charge is -2.15. The minimum absolute atomic E-state index is 0.134. The molecule has 2 N–H and O–H groups in total. The maximum absolute atomic E-state index is 12.3. The maximum atomic E-state index is 12.3. The zero-order chi connectivity index (χ0) is 21.5. The number of aromatic nitrogens is 2. The molecule has 1 atom stereocenters. The van der Waals surface area contributed by atoms with Crippen LogP contribution < -0.4 is 20.1 Å². The highest BCUT2D eigenvalue weighted by molar-refractivity contribution is 5.97. The second kappa shape index (κ2) is 9.60. The van der Waals surface area contributed by atoms with Gasteiger partial charge in [0.05, 0.1) is 33.1 Å². The Morgan fingerprint density at radius 1 is 1.07 bits per heavy atom. The molecule has 30 heavy (non-hydrogen) atoms. The number of amides is 2. The number of nitrogens with one attached hydrogen (secondary N) is 2. The van der Waals surface area contributed by atoms with Crippen molar-refractivity contribution in [3.05, 3.63) is 72.3 Å². The van der Waals surface area contributed by atoms with Crippen molar-refractivity contribution in [1.29, 1.82) is 0 Å². The molecule has 2 aromatic carbocycles. The Morgan fingerprint density at radius 2 is 1.80 bits per heavy atom. The zero-order valence-corrected chi connectivity index (χ0v) is 17.1. The van der Waals surface area contributed by atoms with Crippen LogP contribution in [0.3, 0.4) is 0 Å². The van der Waals surface area contributed by atoms with Gasteiger partial charge in [-0.2, -0.15) is 0 Å². The predicted molar refractivity (Wildman–Crippen MR) is 112 cm³/mol. The quantitative estimate of drug-likeness (QED) is 0.597. The van der Waals surface area contributed by atoms with E-state index in [9.17, 15) is 9.59 Å². The van der Waals surface area contributed by atoms with Crippen LogP contribution in [0.25, 0.3) is 5.69 Å². The van der Waals surface area contributed by atoms with Gasteiger partial charge in [0, 0.05) is 23.6 Å². The number of hydrogen-bond donors (Lipinski definition) is 2. The Kier molecular flexibility index (Phi) is 6.69. The van der Waals surface area contributed by atoms with E-state index in [2.05, 4.69) is 15.6 Å². The monoisotopic (exact) mass is 408 g/mol. The molecule has 0 aliphatic rings. The molecule has 0 unspecified atom stereocenters. The molecule has 8 nitrogen and oxygen atoms in total. The minimum Gasteiger partial charge on any atom is -0.493 e.